The van der Waals surface area contributed by atoms with E-state index in [1.165, 1.54) is 22.7 Å². The molecule has 3 rings (SSSR count). The van der Waals surface area contributed by atoms with Crippen molar-refractivity contribution in [2.75, 3.05) is 37.3 Å². The van der Waals surface area contributed by atoms with Crippen LogP contribution in [0.25, 0.3) is 10.9 Å². The average Bonchev–Trinajstić information content (AvgIpc) is 2.53. The van der Waals surface area contributed by atoms with Crippen molar-refractivity contribution in [3.63, 3.8) is 0 Å². The second kappa shape index (κ2) is 6.15. The summed E-state index contributed by atoms with van der Waals surface area (Å²) >= 11 is 6.25. The van der Waals surface area contributed by atoms with Crippen LogP contribution in [0.2, 0.25) is 5.02 Å². The largest absolute Gasteiger partial charge is 0.368 e. The van der Waals surface area contributed by atoms with E-state index in [0.717, 1.165) is 5.69 Å². The van der Waals surface area contributed by atoms with Gasteiger partial charge in [0.1, 0.15) is 0 Å². The van der Waals surface area contributed by atoms with Gasteiger partial charge in [0.25, 0.3) is 5.69 Å². The number of anilines is 1. The Kier molecular flexibility index (Phi) is 4.33. The molecule has 0 N–H and O–H groups in total. The topological polar surface area (TPSA) is 96.7 Å². The number of sulfonamides is 1. The van der Waals surface area contributed by atoms with Crippen molar-refractivity contribution in [1.82, 2.24) is 9.29 Å². The standard InChI is InChI=1S/C14H15ClN4O4S/c1-24(22,23)18-6-4-17(5-7-18)13-2-3-16-12-9-10(19(20)21)8-11(15)14(12)13/h2-3,8-9H,4-7H2,1H3. The van der Waals surface area contributed by atoms with Gasteiger partial charge in [0, 0.05) is 55.6 Å². The zero-order valence-corrected chi connectivity index (χ0v) is 14.4. The van der Waals surface area contributed by atoms with Crippen LogP contribution in [0.3, 0.4) is 0 Å². The number of nitro groups is 1. The first-order chi connectivity index (χ1) is 11.3. The molecule has 2 aromatic rings. The van der Waals surface area contributed by atoms with Gasteiger partial charge in [0.2, 0.25) is 10.0 Å². The van der Waals surface area contributed by atoms with Crippen molar-refractivity contribution in [2.24, 2.45) is 0 Å². The number of nitrogens with zero attached hydrogens (tertiary/aromatic N) is 4. The van der Waals surface area contributed by atoms with Gasteiger partial charge in [-0.05, 0) is 6.07 Å². The Morgan fingerprint density at radius 1 is 1.25 bits per heavy atom. The molecule has 0 spiro atoms. The second-order valence-corrected chi connectivity index (χ2v) is 7.95. The molecule has 1 aliphatic heterocycles. The first-order valence-electron chi connectivity index (χ1n) is 7.20. The molecule has 2 heterocycles. The third-order valence-corrected chi connectivity index (χ3v) is 5.62. The molecule has 0 unspecified atom stereocenters. The third-order valence-electron chi connectivity index (χ3n) is 4.02. The number of piperazine rings is 1. The van der Waals surface area contributed by atoms with E-state index in [0.29, 0.717) is 37.1 Å². The van der Waals surface area contributed by atoms with Gasteiger partial charge in [0.15, 0.2) is 0 Å². The van der Waals surface area contributed by atoms with Gasteiger partial charge in [-0.3, -0.25) is 15.1 Å². The maximum absolute atomic E-state index is 11.6. The molecule has 1 aliphatic rings. The highest BCUT2D eigenvalue weighted by Gasteiger charge is 2.25. The summed E-state index contributed by atoms with van der Waals surface area (Å²) in [7, 11) is -3.20. The number of nitro benzene ring substituents is 1. The summed E-state index contributed by atoms with van der Waals surface area (Å²) in [4.78, 5) is 16.6. The van der Waals surface area contributed by atoms with Crippen LogP contribution in [-0.4, -0.2) is 55.1 Å². The summed E-state index contributed by atoms with van der Waals surface area (Å²) in [5.74, 6) is 0. The number of benzene rings is 1. The zero-order valence-electron chi connectivity index (χ0n) is 12.8. The highest BCUT2D eigenvalue weighted by molar-refractivity contribution is 7.88. The molecule has 0 radical (unpaired) electrons. The highest BCUT2D eigenvalue weighted by Crippen LogP contribution is 2.35. The summed E-state index contributed by atoms with van der Waals surface area (Å²) in [5.41, 5.74) is 1.13. The normalized spacial score (nSPS) is 16.5. The van der Waals surface area contributed by atoms with Crippen molar-refractivity contribution in [1.29, 1.82) is 0 Å². The van der Waals surface area contributed by atoms with Crippen LogP contribution in [0.15, 0.2) is 24.4 Å². The van der Waals surface area contributed by atoms with Crippen molar-refractivity contribution in [2.45, 2.75) is 0 Å². The number of aromatic nitrogens is 1. The molecular formula is C14H15ClN4O4S. The quantitative estimate of drug-likeness (QED) is 0.604. The minimum Gasteiger partial charge on any atom is -0.368 e. The Morgan fingerprint density at radius 3 is 2.50 bits per heavy atom. The zero-order chi connectivity index (χ0) is 17.5. The van der Waals surface area contributed by atoms with E-state index in [2.05, 4.69) is 4.98 Å². The van der Waals surface area contributed by atoms with E-state index in [4.69, 9.17) is 11.6 Å². The number of non-ortho nitro benzene ring substituents is 1. The summed E-state index contributed by atoms with van der Waals surface area (Å²) in [5, 5.41) is 11.9. The Balaban J connectivity index is 1.98. The first kappa shape index (κ1) is 16.9. The Hall–Kier alpha value is -1.97. The second-order valence-electron chi connectivity index (χ2n) is 5.56. The van der Waals surface area contributed by atoms with Gasteiger partial charge in [-0.2, -0.15) is 4.31 Å². The molecule has 0 amide bonds. The van der Waals surface area contributed by atoms with Crippen LogP contribution < -0.4 is 4.90 Å². The van der Waals surface area contributed by atoms with Gasteiger partial charge in [-0.25, -0.2) is 8.42 Å². The minimum atomic E-state index is -3.20. The van der Waals surface area contributed by atoms with Crippen molar-refractivity contribution in [3.8, 4) is 0 Å². The van der Waals surface area contributed by atoms with E-state index >= 15 is 0 Å². The van der Waals surface area contributed by atoms with Crippen molar-refractivity contribution < 1.29 is 13.3 Å². The molecule has 1 aromatic carbocycles. The van der Waals surface area contributed by atoms with Crippen molar-refractivity contribution >= 4 is 43.9 Å². The number of fused-ring (bicyclic) bond motifs is 1. The SMILES string of the molecule is CS(=O)(=O)N1CCN(c2ccnc3cc([N+](=O)[O-])cc(Cl)c23)CC1. The van der Waals surface area contributed by atoms with Crippen LogP contribution in [0.1, 0.15) is 0 Å². The number of pyridine rings is 1. The van der Waals surface area contributed by atoms with Crippen LogP contribution in [0.5, 0.6) is 0 Å². The molecule has 1 saturated heterocycles. The number of hydrogen-bond donors (Lipinski definition) is 0. The fraction of sp³-hybridized carbons (Fsp3) is 0.357. The van der Waals surface area contributed by atoms with Gasteiger partial charge in [-0.15, -0.1) is 0 Å². The van der Waals surface area contributed by atoms with Gasteiger partial charge in [-0.1, -0.05) is 11.6 Å². The molecule has 128 valence electrons. The van der Waals surface area contributed by atoms with E-state index in [-0.39, 0.29) is 10.7 Å². The van der Waals surface area contributed by atoms with Crippen LogP contribution in [0.4, 0.5) is 11.4 Å². The highest BCUT2D eigenvalue weighted by atomic mass is 35.5. The summed E-state index contributed by atoms with van der Waals surface area (Å²) in [6.07, 6.45) is 2.77. The monoisotopic (exact) mass is 370 g/mol. The van der Waals surface area contributed by atoms with E-state index in [9.17, 15) is 18.5 Å². The summed E-state index contributed by atoms with van der Waals surface area (Å²) in [6.45, 7) is 1.79. The molecule has 0 bridgehead atoms. The molecule has 10 heteroatoms. The molecule has 0 aliphatic carbocycles. The Bertz CT molecular complexity index is 910. The molecule has 0 saturated carbocycles. The van der Waals surface area contributed by atoms with Crippen LogP contribution >= 0.6 is 11.6 Å². The minimum absolute atomic E-state index is 0.112. The number of hydrogen-bond acceptors (Lipinski definition) is 6. The van der Waals surface area contributed by atoms with E-state index in [1.807, 2.05) is 4.90 Å². The van der Waals surface area contributed by atoms with Crippen LogP contribution in [0, 0.1) is 10.1 Å². The van der Waals surface area contributed by atoms with Crippen LogP contribution in [-0.2, 0) is 10.0 Å². The van der Waals surface area contributed by atoms with Gasteiger partial charge < -0.3 is 4.90 Å². The smallest absolute Gasteiger partial charge is 0.273 e. The number of halogens is 1. The lowest BCUT2D eigenvalue weighted by molar-refractivity contribution is -0.384. The lowest BCUT2D eigenvalue weighted by atomic mass is 10.1. The third kappa shape index (κ3) is 3.14. The molecule has 1 fully saturated rings. The maximum Gasteiger partial charge on any atom is 0.273 e. The lowest BCUT2D eigenvalue weighted by Gasteiger charge is -2.35. The van der Waals surface area contributed by atoms with Crippen molar-refractivity contribution in [3.05, 3.63) is 39.5 Å². The van der Waals surface area contributed by atoms with Gasteiger partial charge >= 0.3 is 0 Å². The summed E-state index contributed by atoms with van der Waals surface area (Å²) in [6, 6.07) is 4.48. The average molecular weight is 371 g/mol. The van der Waals surface area contributed by atoms with Gasteiger partial charge in [0.05, 0.1) is 21.7 Å². The fourth-order valence-electron chi connectivity index (χ4n) is 2.83. The molecule has 1 aromatic heterocycles. The molecule has 0 atom stereocenters. The predicted molar refractivity (Wildman–Crippen MR) is 92.0 cm³/mol. The van der Waals surface area contributed by atoms with E-state index in [1.54, 1.807) is 12.3 Å². The number of rotatable bonds is 3. The molecule has 24 heavy (non-hydrogen) atoms. The first-order valence-corrected chi connectivity index (χ1v) is 9.43. The predicted octanol–water partition coefficient (Wildman–Crippen LogP) is 1.88. The maximum atomic E-state index is 11.6. The fourth-order valence-corrected chi connectivity index (χ4v) is 3.97. The summed E-state index contributed by atoms with van der Waals surface area (Å²) < 4.78 is 24.6. The Morgan fingerprint density at radius 2 is 1.92 bits per heavy atom. The lowest BCUT2D eigenvalue weighted by Crippen LogP contribution is -2.48. The molecule has 8 nitrogen and oxygen atoms in total. The Labute approximate surface area is 143 Å². The van der Waals surface area contributed by atoms with E-state index < -0.39 is 14.9 Å². The molecular weight excluding hydrogens is 356 g/mol.